The number of hydrogen-bond acceptors (Lipinski definition) is 4. The van der Waals surface area contributed by atoms with E-state index in [9.17, 15) is 14.4 Å². The van der Waals surface area contributed by atoms with E-state index in [1.165, 1.54) is 12.1 Å². The van der Waals surface area contributed by atoms with Gasteiger partial charge in [0.25, 0.3) is 11.8 Å². The Kier molecular flexibility index (Phi) is 4.50. The van der Waals surface area contributed by atoms with Crippen LogP contribution in [0.2, 0.25) is 10.0 Å². The van der Waals surface area contributed by atoms with Gasteiger partial charge >= 0.3 is 0 Å². The highest BCUT2D eigenvalue weighted by Gasteiger charge is 2.40. The largest absolute Gasteiger partial charge is 0.333 e. The third kappa shape index (κ3) is 3.13. The van der Waals surface area contributed by atoms with Gasteiger partial charge in [0, 0.05) is 10.9 Å². The maximum Gasteiger partial charge on any atom is 0.262 e. The second kappa shape index (κ2) is 6.68. The molecule has 134 valence electrons. The molecule has 1 fully saturated rings. The molecule has 2 heterocycles. The topological polar surface area (TPSA) is 57.7 Å². The second-order valence-electron chi connectivity index (χ2n) is 6.34. The number of halogens is 2. The van der Waals surface area contributed by atoms with Crippen LogP contribution in [0.5, 0.6) is 0 Å². The second-order valence-corrected chi connectivity index (χ2v) is 8.19. The van der Waals surface area contributed by atoms with E-state index in [1.54, 1.807) is 16.2 Å². The van der Waals surface area contributed by atoms with Crippen molar-refractivity contribution in [1.29, 1.82) is 0 Å². The van der Waals surface area contributed by atoms with Gasteiger partial charge in [0.2, 0.25) is 5.91 Å². The molecule has 0 radical (unpaired) electrons. The summed E-state index contributed by atoms with van der Waals surface area (Å²) in [5.41, 5.74) is 0.377. The summed E-state index contributed by atoms with van der Waals surface area (Å²) in [4.78, 5) is 41.8. The van der Waals surface area contributed by atoms with Crippen LogP contribution in [0.15, 0.2) is 29.6 Å². The third-order valence-corrected chi connectivity index (χ3v) is 6.10. The Labute approximate surface area is 164 Å². The van der Waals surface area contributed by atoms with Gasteiger partial charge in [-0.2, -0.15) is 0 Å². The SMILES string of the molecule is O=C1c2cc(Cl)c(Cl)cc2C(=O)N1CC(=O)N(Cc1cccs1)C1CC1. The van der Waals surface area contributed by atoms with Crippen molar-refractivity contribution < 1.29 is 14.4 Å². The zero-order valence-corrected chi connectivity index (χ0v) is 15.9. The Morgan fingerprint density at radius 2 is 1.77 bits per heavy atom. The van der Waals surface area contributed by atoms with Gasteiger partial charge < -0.3 is 4.90 Å². The fraction of sp³-hybridized carbons (Fsp3) is 0.278. The van der Waals surface area contributed by atoms with Crippen molar-refractivity contribution in [3.63, 3.8) is 0 Å². The monoisotopic (exact) mass is 408 g/mol. The fourth-order valence-corrected chi connectivity index (χ4v) is 4.06. The van der Waals surface area contributed by atoms with Crippen LogP contribution in [0, 0.1) is 0 Å². The molecule has 3 amide bonds. The van der Waals surface area contributed by atoms with E-state index in [-0.39, 0.29) is 39.7 Å². The Hall–Kier alpha value is -1.89. The van der Waals surface area contributed by atoms with Gasteiger partial charge in [-0.15, -0.1) is 11.3 Å². The molecule has 2 aromatic rings. The number of carbonyl (C=O) groups excluding carboxylic acids is 3. The summed E-state index contributed by atoms with van der Waals surface area (Å²) < 4.78 is 0. The van der Waals surface area contributed by atoms with Crippen molar-refractivity contribution in [3.8, 4) is 0 Å². The summed E-state index contributed by atoms with van der Waals surface area (Å²) in [7, 11) is 0. The lowest BCUT2D eigenvalue weighted by Gasteiger charge is -2.24. The number of fused-ring (bicyclic) bond motifs is 1. The molecule has 8 heteroatoms. The molecule has 1 aromatic heterocycles. The molecule has 1 aliphatic carbocycles. The number of amides is 3. The first kappa shape index (κ1) is 17.5. The van der Waals surface area contributed by atoms with Gasteiger partial charge in [0.1, 0.15) is 6.54 Å². The molecular weight excluding hydrogens is 395 g/mol. The van der Waals surface area contributed by atoms with Crippen molar-refractivity contribution in [2.75, 3.05) is 6.54 Å². The van der Waals surface area contributed by atoms with Gasteiger partial charge in [-0.1, -0.05) is 29.3 Å². The zero-order valence-electron chi connectivity index (χ0n) is 13.6. The standard InChI is InChI=1S/C18H14Cl2N2O3S/c19-14-6-12-13(7-15(14)20)18(25)22(17(12)24)9-16(23)21(10-3-4-10)8-11-2-1-5-26-11/h1-2,5-7,10H,3-4,8-9H2. The van der Waals surface area contributed by atoms with Gasteiger partial charge in [0.15, 0.2) is 0 Å². The summed E-state index contributed by atoms with van der Waals surface area (Å²) >= 11 is 13.5. The molecule has 0 N–H and O–H groups in total. The fourth-order valence-electron chi connectivity index (χ4n) is 3.03. The summed E-state index contributed by atoms with van der Waals surface area (Å²) in [6.07, 6.45) is 1.90. The highest BCUT2D eigenvalue weighted by molar-refractivity contribution is 7.09. The minimum absolute atomic E-state index is 0.184. The van der Waals surface area contributed by atoms with Crippen LogP contribution in [-0.2, 0) is 11.3 Å². The first-order chi connectivity index (χ1) is 12.5. The van der Waals surface area contributed by atoms with Crippen molar-refractivity contribution in [2.45, 2.75) is 25.4 Å². The van der Waals surface area contributed by atoms with Gasteiger partial charge in [-0.25, -0.2) is 0 Å². The Morgan fingerprint density at radius 1 is 1.15 bits per heavy atom. The molecule has 26 heavy (non-hydrogen) atoms. The average Bonchev–Trinajstić information content (AvgIpc) is 3.28. The van der Waals surface area contributed by atoms with Crippen molar-refractivity contribution in [3.05, 3.63) is 55.7 Å². The molecule has 1 aliphatic heterocycles. The molecule has 5 nitrogen and oxygen atoms in total. The van der Waals surface area contributed by atoms with Crippen molar-refractivity contribution in [1.82, 2.24) is 9.80 Å². The number of benzene rings is 1. The van der Waals surface area contributed by atoms with E-state index in [4.69, 9.17) is 23.2 Å². The molecule has 0 unspecified atom stereocenters. The molecule has 1 saturated carbocycles. The average molecular weight is 409 g/mol. The number of rotatable bonds is 5. The minimum atomic E-state index is -0.510. The molecule has 0 atom stereocenters. The molecule has 0 saturated heterocycles. The first-order valence-electron chi connectivity index (χ1n) is 8.13. The summed E-state index contributed by atoms with van der Waals surface area (Å²) in [5.74, 6) is -1.25. The number of carbonyl (C=O) groups is 3. The third-order valence-electron chi connectivity index (χ3n) is 4.52. The summed E-state index contributed by atoms with van der Waals surface area (Å²) in [6.45, 7) is 0.228. The van der Waals surface area contributed by atoms with Crippen LogP contribution < -0.4 is 0 Å². The number of hydrogen-bond donors (Lipinski definition) is 0. The molecular formula is C18H14Cl2N2O3S. The predicted octanol–water partition coefficient (Wildman–Crippen LogP) is 3.84. The lowest BCUT2D eigenvalue weighted by molar-refractivity contribution is -0.132. The van der Waals surface area contributed by atoms with Crippen molar-refractivity contribution >= 4 is 52.3 Å². The van der Waals surface area contributed by atoms with Crippen LogP contribution in [-0.4, -0.2) is 40.1 Å². The van der Waals surface area contributed by atoms with E-state index in [0.29, 0.717) is 6.54 Å². The molecule has 4 rings (SSSR count). The lowest BCUT2D eigenvalue weighted by Crippen LogP contribution is -2.43. The summed E-state index contributed by atoms with van der Waals surface area (Å²) in [6, 6.07) is 6.86. The van der Waals surface area contributed by atoms with Crippen LogP contribution in [0.4, 0.5) is 0 Å². The van der Waals surface area contributed by atoms with E-state index in [2.05, 4.69) is 0 Å². The van der Waals surface area contributed by atoms with Crippen LogP contribution >= 0.6 is 34.5 Å². The van der Waals surface area contributed by atoms with Gasteiger partial charge in [-0.05, 0) is 36.4 Å². The van der Waals surface area contributed by atoms with Crippen LogP contribution in [0.1, 0.15) is 38.4 Å². The van der Waals surface area contributed by atoms with E-state index >= 15 is 0 Å². The van der Waals surface area contributed by atoms with Gasteiger partial charge in [-0.3, -0.25) is 19.3 Å². The Bertz CT molecular complexity index is 868. The predicted molar refractivity (Wildman–Crippen MR) is 99.7 cm³/mol. The minimum Gasteiger partial charge on any atom is -0.333 e. The number of thiophene rings is 1. The van der Waals surface area contributed by atoms with Crippen LogP contribution in [0.25, 0.3) is 0 Å². The lowest BCUT2D eigenvalue weighted by atomic mass is 10.1. The normalized spacial score (nSPS) is 16.2. The molecule has 1 aromatic carbocycles. The van der Waals surface area contributed by atoms with Crippen molar-refractivity contribution in [2.24, 2.45) is 0 Å². The maximum atomic E-state index is 12.8. The quantitative estimate of drug-likeness (QED) is 0.706. The van der Waals surface area contributed by atoms with E-state index in [1.807, 2.05) is 17.5 Å². The van der Waals surface area contributed by atoms with E-state index in [0.717, 1.165) is 22.6 Å². The molecule has 0 bridgehead atoms. The summed E-state index contributed by atoms with van der Waals surface area (Å²) in [5, 5.41) is 2.37. The zero-order chi connectivity index (χ0) is 18.4. The Morgan fingerprint density at radius 3 is 2.27 bits per heavy atom. The Balaban J connectivity index is 1.54. The highest BCUT2D eigenvalue weighted by atomic mass is 35.5. The smallest absolute Gasteiger partial charge is 0.262 e. The maximum absolute atomic E-state index is 12.8. The molecule has 0 spiro atoms. The first-order valence-corrected chi connectivity index (χ1v) is 9.76. The van der Waals surface area contributed by atoms with Gasteiger partial charge in [0.05, 0.1) is 27.7 Å². The highest BCUT2D eigenvalue weighted by Crippen LogP contribution is 2.33. The number of nitrogens with zero attached hydrogens (tertiary/aromatic N) is 2. The number of imide groups is 1. The van der Waals surface area contributed by atoms with Crippen LogP contribution in [0.3, 0.4) is 0 Å². The van der Waals surface area contributed by atoms with E-state index < -0.39 is 11.8 Å². The molecule has 2 aliphatic rings.